The van der Waals surface area contributed by atoms with Gasteiger partial charge in [0, 0.05) is 38.8 Å². The molecule has 0 saturated heterocycles. The zero-order chi connectivity index (χ0) is 47.5. The van der Waals surface area contributed by atoms with Crippen molar-refractivity contribution in [2.45, 2.75) is 19.3 Å². The summed E-state index contributed by atoms with van der Waals surface area (Å²) in [6.45, 7) is 4.81. The topological polar surface area (TPSA) is 8.17 Å². The Balaban J connectivity index is 0.917. The zero-order valence-electron chi connectivity index (χ0n) is 39.8. The van der Waals surface area contributed by atoms with Crippen LogP contribution in [0, 0.1) is 0 Å². The highest BCUT2D eigenvalue weighted by molar-refractivity contribution is 6.10. The Labute approximate surface area is 416 Å². The molecule has 0 amide bonds. The minimum atomic E-state index is -0.253. The monoisotopic (exact) mass is 906 g/mol. The van der Waals surface area contributed by atoms with E-state index in [0.717, 1.165) is 17.1 Å². The van der Waals surface area contributed by atoms with E-state index in [1.54, 1.807) is 0 Å². The van der Waals surface area contributed by atoms with Gasteiger partial charge >= 0.3 is 0 Å². The molecule has 1 aliphatic carbocycles. The maximum atomic E-state index is 2.54. The van der Waals surface area contributed by atoms with Crippen molar-refractivity contribution in [1.29, 1.82) is 0 Å². The second kappa shape index (κ2) is 17.2. The quantitative estimate of drug-likeness (QED) is 0.140. The van der Waals surface area contributed by atoms with E-state index in [9.17, 15) is 0 Å². The predicted octanol–water partition coefficient (Wildman–Crippen LogP) is 18.9. The highest BCUT2D eigenvalue weighted by Crippen LogP contribution is 2.54. The summed E-state index contributed by atoms with van der Waals surface area (Å²) in [5, 5.41) is 3.70. The lowest BCUT2D eigenvalue weighted by atomic mass is 9.81. The molecular formula is C69H50N2. The van der Waals surface area contributed by atoms with Crippen molar-refractivity contribution in [1.82, 2.24) is 4.57 Å². The summed E-state index contributed by atoms with van der Waals surface area (Å²) in [7, 11) is 0. The first kappa shape index (κ1) is 42.1. The summed E-state index contributed by atoms with van der Waals surface area (Å²) in [5.74, 6) is 0. The van der Waals surface area contributed by atoms with Gasteiger partial charge in [0.15, 0.2) is 0 Å². The third-order valence-corrected chi connectivity index (χ3v) is 14.8. The number of aromatic nitrogens is 1. The number of hydrogen-bond donors (Lipinski definition) is 0. The summed E-state index contributed by atoms with van der Waals surface area (Å²) < 4.78 is 2.54. The number of hydrogen-bond acceptors (Lipinski definition) is 1. The van der Waals surface area contributed by atoms with Crippen molar-refractivity contribution in [2.24, 2.45) is 0 Å². The molecule has 2 nitrogen and oxygen atoms in total. The average Bonchev–Trinajstić information content (AvgIpc) is 3.89. The SMILES string of the molecule is CC1(C)c2cc(-c3ccc(N(c4ccc(-c5ccccc5)cc4)c4ccc(-c5ccccc5)cc4)cc3)ccc2-c2cc3c(-c4ccccc4)c(-c4ccccc4)n(-c4cccc5ccccc45)c3cc21. The normalized spacial score (nSPS) is 12.5. The third-order valence-electron chi connectivity index (χ3n) is 14.8. The average molecular weight is 907 g/mol. The third kappa shape index (κ3) is 7.27. The number of fused-ring (bicyclic) bond motifs is 5. The lowest BCUT2D eigenvalue weighted by Gasteiger charge is -2.26. The first-order valence-electron chi connectivity index (χ1n) is 24.7. The fraction of sp³-hybridized carbons (Fsp3) is 0.0435. The number of benzene rings is 11. The van der Waals surface area contributed by atoms with E-state index >= 15 is 0 Å². The van der Waals surface area contributed by atoms with E-state index in [0.29, 0.717) is 0 Å². The zero-order valence-corrected chi connectivity index (χ0v) is 39.8. The molecule has 0 radical (unpaired) electrons. The molecule has 11 aromatic carbocycles. The summed E-state index contributed by atoms with van der Waals surface area (Å²) >= 11 is 0. The first-order valence-corrected chi connectivity index (χ1v) is 24.7. The van der Waals surface area contributed by atoms with E-state index in [4.69, 9.17) is 0 Å². The van der Waals surface area contributed by atoms with Gasteiger partial charge < -0.3 is 9.47 Å². The van der Waals surface area contributed by atoms with E-state index in [1.165, 1.54) is 105 Å². The largest absolute Gasteiger partial charge is 0.311 e. The summed E-state index contributed by atoms with van der Waals surface area (Å²) in [4.78, 5) is 2.36. The number of rotatable bonds is 9. The Morgan fingerprint density at radius 3 is 1.32 bits per heavy atom. The van der Waals surface area contributed by atoms with Crippen LogP contribution in [0.1, 0.15) is 25.0 Å². The molecule has 2 heteroatoms. The maximum absolute atomic E-state index is 2.54. The Kier molecular flexibility index (Phi) is 10.2. The molecule has 0 spiro atoms. The van der Waals surface area contributed by atoms with Crippen molar-refractivity contribution >= 4 is 38.7 Å². The molecule has 0 atom stereocenters. The Morgan fingerprint density at radius 2 is 0.761 bits per heavy atom. The van der Waals surface area contributed by atoms with Crippen LogP contribution in [-0.4, -0.2) is 4.57 Å². The molecule has 13 rings (SSSR count). The highest BCUT2D eigenvalue weighted by atomic mass is 15.1. The number of nitrogens with zero attached hydrogens (tertiary/aromatic N) is 2. The van der Waals surface area contributed by atoms with Crippen molar-refractivity contribution in [2.75, 3.05) is 4.90 Å². The van der Waals surface area contributed by atoms with Gasteiger partial charge in [-0.15, -0.1) is 0 Å². The second-order valence-corrected chi connectivity index (χ2v) is 19.3. The fourth-order valence-electron chi connectivity index (χ4n) is 11.2. The smallest absolute Gasteiger partial charge is 0.0619 e. The van der Waals surface area contributed by atoms with Gasteiger partial charge in [-0.3, -0.25) is 0 Å². The van der Waals surface area contributed by atoms with E-state index in [2.05, 4.69) is 290 Å². The summed E-state index contributed by atoms with van der Waals surface area (Å²) in [6.07, 6.45) is 0. The molecule has 12 aromatic rings. The highest BCUT2D eigenvalue weighted by Gasteiger charge is 2.37. The molecule has 0 bridgehead atoms. The predicted molar refractivity (Wildman–Crippen MR) is 300 cm³/mol. The Morgan fingerprint density at radius 1 is 0.324 bits per heavy atom. The molecule has 0 aliphatic heterocycles. The Hall–Kier alpha value is -8.98. The van der Waals surface area contributed by atoms with Crippen LogP contribution in [0.5, 0.6) is 0 Å². The van der Waals surface area contributed by atoms with E-state index in [-0.39, 0.29) is 5.41 Å². The van der Waals surface area contributed by atoms with Crippen LogP contribution < -0.4 is 4.90 Å². The van der Waals surface area contributed by atoms with Crippen LogP contribution in [0.2, 0.25) is 0 Å². The lowest BCUT2D eigenvalue weighted by molar-refractivity contribution is 0.661. The van der Waals surface area contributed by atoms with Gasteiger partial charge in [-0.05, 0) is 133 Å². The van der Waals surface area contributed by atoms with Gasteiger partial charge in [-0.2, -0.15) is 0 Å². The van der Waals surface area contributed by atoms with Crippen LogP contribution in [0.3, 0.4) is 0 Å². The van der Waals surface area contributed by atoms with Crippen LogP contribution in [0.25, 0.3) is 94.3 Å². The van der Waals surface area contributed by atoms with Gasteiger partial charge in [0.05, 0.1) is 16.9 Å². The molecule has 336 valence electrons. The van der Waals surface area contributed by atoms with Crippen molar-refractivity contribution in [3.63, 3.8) is 0 Å². The minimum absolute atomic E-state index is 0.253. The minimum Gasteiger partial charge on any atom is -0.311 e. The second-order valence-electron chi connectivity index (χ2n) is 19.3. The van der Waals surface area contributed by atoms with Gasteiger partial charge in [-0.1, -0.05) is 220 Å². The van der Waals surface area contributed by atoms with Crippen LogP contribution in [-0.2, 0) is 5.41 Å². The lowest BCUT2D eigenvalue weighted by Crippen LogP contribution is -2.15. The molecular weight excluding hydrogens is 857 g/mol. The molecule has 0 saturated carbocycles. The van der Waals surface area contributed by atoms with E-state index in [1.807, 2.05) is 0 Å². The first-order chi connectivity index (χ1) is 35.0. The van der Waals surface area contributed by atoms with Gasteiger partial charge in [0.2, 0.25) is 0 Å². The van der Waals surface area contributed by atoms with Crippen LogP contribution in [0.15, 0.2) is 267 Å². The fourth-order valence-corrected chi connectivity index (χ4v) is 11.2. The van der Waals surface area contributed by atoms with Crippen molar-refractivity contribution in [3.05, 3.63) is 278 Å². The standard InChI is InChI=1S/C69H50N2/c1-69(2)63-44-55(51-34-41-58(42-35-51)70(56-37-30-49(31-38-56)47-18-7-3-8-19-47)57-39-32-50(33-40-57)48-20-9-4-10-21-48)36-43-60(63)61-45-62-66(46-64(61)69)71(65-29-17-27-52-22-15-16-28-59(52)65)68(54-25-13-6-14-26-54)67(62)53-23-11-5-12-24-53/h3-46H,1-2H3. The van der Waals surface area contributed by atoms with Crippen molar-refractivity contribution < 1.29 is 0 Å². The molecule has 1 heterocycles. The summed E-state index contributed by atoms with van der Waals surface area (Å²) in [6, 6.07) is 97.7. The molecule has 1 aliphatic rings. The maximum Gasteiger partial charge on any atom is 0.0619 e. The molecule has 0 fully saturated rings. The van der Waals surface area contributed by atoms with Crippen molar-refractivity contribution in [3.8, 4) is 72.6 Å². The van der Waals surface area contributed by atoms with Crippen LogP contribution >= 0.6 is 0 Å². The molecule has 1 aromatic heterocycles. The molecule has 0 N–H and O–H groups in total. The molecule has 71 heavy (non-hydrogen) atoms. The van der Waals surface area contributed by atoms with Gasteiger partial charge in [-0.25, -0.2) is 0 Å². The Bertz CT molecular complexity index is 3800. The van der Waals surface area contributed by atoms with Gasteiger partial charge in [0.1, 0.15) is 0 Å². The summed E-state index contributed by atoms with van der Waals surface area (Å²) in [5.41, 5.74) is 22.8. The molecule has 0 unspecified atom stereocenters. The van der Waals surface area contributed by atoms with Crippen LogP contribution in [0.4, 0.5) is 17.1 Å². The van der Waals surface area contributed by atoms with Gasteiger partial charge in [0.25, 0.3) is 0 Å². The number of anilines is 3. The van der Waals surface area contributed by atoms with E-state index < -0.39 is 0 Å².